The fraction of sp³-hybridized carbons (Fsp3) is 0.533. The first-order valence-corrected chi connectivity index (χ1v) is 8.20. The third-order valence-electron chi connectivity index (χ3n) is 3.77. The van der Waals surface area contributed by atoms with E-state index in [1.807, 2.05) is 6.26 Å². The average molecular weight is 317 g/mol. The van der Waals surface area contributed by atoms with Gasteiger partial charge in [0.2, 0.25) is 0 Å². The lowest BCUT2D eigenvalue weighted by Crippen LogP contribution is -2.39. The molecule has 2 atom stereocenters. The number of benzene rings is 1. The van der Waals surface area contributed by atoms with Crippen molar-refractivity contribution in [3.05, 3.63) is 35.4 Å². The lowest BCUT2D eigenvalue weighted by atomic mass is 9.94. The molecule has 116 valence electrons. The largest absolute Gasteiger partial charge is 0.417 e. The van der Waals surface area contributed by atoms with Gasteiger partial charge < -0.3 is 5.32 Å². The van der Waals surface area contributed by atoms with Crippen LogP contribution in [0.2, 0.25) is 0 Å². The first-order chi connectivity index (χ1) is 9.91. The molecule has 2 rings (SSSR count). The minimum absolute atomic E-state index is 0.0370. The summed E-state index contributed by atoms with van der Waals surface area (Å²) in [6.07, 6.45) is 1.26. The molecule has 1 saturated carbocycles. The quantitative estimate of drug-likeness (QED) is 0.909. The molecule has 0 spiro atoms. The molecule has 0 heterocycles. The second kappa shape index (κ2) is 6.73. The molecule has 21 heavy (non-hydrogen) atoms. The molecule has 0 aromatic heterocycles. The smallest absolute Gasteiger partial charge is 0.349 e. The maximum Gasteiger partial charge on any atom is 0.417 e. The molecule has 1 aliphatic rings. The maximum absolute atomic E-state index is 12.9. The van der Waals surface area contributed by atoms with Gasteiger partial charge in [-0.2, -0.15) is 24.9 Å². The summed E-state index contributed by atoms with van der Waals surface area (Å²) in [5.74, 6) is -0.630. The summed E-state index contributed by atoms with van der Waals surface area (Å²) in [6.45, 7) is 0. The Bertz CT molecular complexity index is 504. The van der Waals surface area contributed by atoms with Gasteiger partial charge in [0.1, 0.15) is 0 Å². The molecule has 2 nitrogen and oxygen atoms in total. The topological polar surface area (TPSA) is 29.1 Å². The van der Waals surface area contributed by atoms with E-state index in [0.717, 1.165) is 31.7 Å². The summed E-state index contributed by atoms with van der Waals surface area (Å²) in [6, 6.07) is 4.89. The van der Waals surface area contributed by atoms with Crippen LogP contribution in [0.5, 0.6) is 0 Å². The van der Waals surface area contributed by atoms with Crippen molar-refractivity contribution in [1.29, 1.82) is 0 Å². The lowest BCUT2D eigenvalue weighted by molar-refractivity contribution is -0.137. The summed E-state index contributed by atoms with van der Waals surface area (Å²) in [5.41, 5.74) is -1.17. The average Bonchev–Trinajstić information content (AvgIpc) is 2.46. The Kier molecular flexibility index (Phi) is 5.19. The molecule has 2 unspecified atom stereocenters. The highest BCUT2D eigenvalue weighted by Gasteiger charge is 2.35. The summed E-state index contributed by atoms with van der Waals surface area (Å²) in [4.78, 5) is 12.2. The Morgan fingerprint density at radius 3 is 2.67 bits per heavy atom. The number of carbonyl (C=O) groups excluding carboxylic acids is 1. The third kappa shape index (κ3) is 4.15. The monoisotopic (exact) mass is 317 g/mol. The SMILES string of the molecule is CSC1CCCC(NC(=O)c2ccccc2C(F)(F)F)C1. The van der Waals surface area contributed by atoms with Gasteiger partial charge in [0, 0.05) is 11.3 Å². The van der Waals surface area contributed by atoms with Gasteiger partial charge in [-0.15, -0.1) is 0 Å². The van der Waals surface area contributed by atoms with E-state index < -0.39 is 17.6 Å². The number of amides is 1. The molecule has 1 aromatic rings. The summed E-state index contributed by atoms with van der Waals surface area (Å²) < 4.78 is 38.8. The number of rotatable bonds is 3. The van der Waals surface area contributed by atoms with Crippen LogP contribution in [0.25, 0.3) is 0 Å². The Morgan fingerprint density at radius 1 is 1.29 bits per heavy atom. The molecule has 0 bridgehead atoms. The molecule has 0 radical (unpaired) electrons. The Morgan fingerprint density at radius 2 is 2.00 bits per heavy atom. The van der Waals surface area contributed by atoms with Gasteiger partial charge in [0.05, 0.1) is 11.1 Å². The van der Waals surface area contributed by atoms with Gasteiger partial charge in [-0.3, -0.25) is 4.79 Å². The molecular formula is C15H18F3NOS. The molecule has 1 aromatic carbocycles. The van der Waals surface area contributed by atoms with Crippen LogP contribution in [0.1, 0.15) is 41.6 Å². The number of nitrogens with one attached hydrogen (secondary N) is 1. The molecule has 6 heteroatoms. The van der Waals surface area contributed by atoms with Gasteiger partial charge in [-0.05, 0) is 37.7 Å². The summed E-state index contributed by atoms with van der Waals surface area (Å²) in [7, 11) is 0. The van der Waals surface area contributed by atoms with Crippen LogP contribution in [0, 0.1) is 0 Å². The third-order valence-corrected chi connectivity index (χ3v) is 4.87. The minimum atomic E-state index is -4.51. The highest BCUT2D eigenvalue weighted by Crippen LogP contribution is 2.32. The summed E-state index contributed by atoms with van der Waals surface area (Å²) >= 11 is 1.75. The molecule has 0 aliphatic heterocycles. The van der Waals surface area contributed by atoms with Crippen LogP contribution in [0.3, 0.4) is 0 Å². The molecule has 1 N–H and O–H groups in total. The van der Waals surface area contributed by atoms with Gasteiger partial charge in [0.15, 0.2) is 0 Å². The highest BCUT2D eigenvalue weighted by atomic mass is 32.2. The molecule has 1 fully saturated rings. The van der Waals surface area contributed by atoms with E-state index >= 15 is 0 Å². The number of hydrogen-bond donors (Lipinski definition) is 1. The van der Waals surface area contributed by atoms with Crippen LogP contribution in [-0.4, -0.2) is 23.5 Å². The van der Waals surface area contributed by atoms with E-state index in [-0.39, 0.29) is 11.6 Å². The van der Waals surface area contributed by atoms with Crippen LogP contribution < -0.4 is 5.32 Å². The van der Waals surface area contributed by atoms with E-state index in [0.29, 0.717) is 5.25 Å². The number of carbonyl (C=O) groups is 1. The number of hydrogen-bond acceptors (Lipinski definition) is 2. The van der Waals surface area contributed by atoms with Gasteiger partial charge in [-0.1, -0.05) is 18.6 Å². The van der Waals surface area contributed by atoms with Gasteiger partial charge in [0.25, 0.3) is 5.91 Å². The fourth-order valence-electron chi connectivity index (χ4n) is 2.68. The zero-order valence-electron chi connectivity index (χ0n) is 11.7. The maximum atomic E-state index is 12.9. The number of halogens is 3. The van der Waals surface area contributed by atoms with Crippen molar-refractivity contribution in [2.75, 3.05) is 6.26 Å². The van der Waals surface area contributed by atoms with Crippen LogP contribution in [0.15, 0.2) is 24.3 Å². The van der Waals surface area contributed by atoms with Crippen molar-refractivity contribution in [1.82, 2.24) is 5.32 Å². The predicted octanol–water partition coefficient (Wildman–Crippen LogP) is 4.11. The van der Waals surface area contributed by atoms with Crippen molar-refractivity contribution in [2.45, 2.75) is 43.2 Å². The van der Waals surface area contributed by atoms with Crippen molar-refractivity contribution >= 4 is 17.7 Å². The van der Waals surface area contributed by atoms with E-state index in [4.69, 9.17) is 0 Å². The van der Waals surface area contributed by atoms with E-state index in [9.17, 15) is 18.0 Å². The zero-order chi connectivity index (χ0) is 15.5. The molecular weight excluding hydrogens is 299 g/mol. The van der Waals surface area contributed by atoms with Crippen LogP contribution in [-0.2, 0) is 6.18 Å². The van der Waals surface area contributed by atoms with Crippen molar-refractivity contribution < 1.29 is 18.0 Å². The van der Waals surface area contributed by atoms with E-state index in [1.54, 1.807) is 11.8 Å². The number of alkyl halides is 3. The standard InChI is InChI=1S/C15H18F3NOS/c1-21-11-6-4-5-10(9-11)19-14(20)12-7-2-3-8-13(12)15(16,17)18/h2-3,7-8,10-11H,4-6,9H2,1H3,(H,19,20). The molecule has 0 saturated heterocycles. The second-order valence-corrected chi connectivity index (χ2v) is 6.38. The van der Waals surface area contributed by atoms with Crippen molar-refractivity contribution in [2.24, 2.45) is 0 Å². The first kappa shape index (κ1) is 16.2. The number of thioether (sulfide) groups is 1. The van der Waals surface area contributed by atoms with Crippen LogP contribution >= 0.6 is 11.8 Å². The predicted molar refractivity (Wildman–Crippen MR) is 78.5 cm³/mol. The Balaban J connectivity index is 2.10. The second-order valence-electron chi connectivity index (χ2n) is 5.24. The van der Waals surface area contributed by atoms with Crippen LogP contribution in [0.4, 0.5) is 13.2 Å². The molecule has 1 aliphatic carbocycles. The Labute approximate surface area is 126 Å². The Hall–Kier alpha value is -1.17. The van der Waals surface area contributed by atoms with Gasteiger partial charge >= 0.3 is 6.18 Å². The fourth-order valence-corrected chi connectivity index (χ4v) is 3.51. The highest BCUT2D eigenvalue weighted by molar-refractivity contribution is 7.99. The summed E-state index contributed by atoms with van der Waals surface area (Å²) in [5, 5.41) is 3.23. The van der Waals surface area contributed by atoms with E-state index in [1.165, 1.54) is 18.2 Å². The van der Waals surface area contributed by atoms with Gasteiger partial charge in [-0.25, -0.2) is 0 Å². The van der Waals surface area contributed by atoms with E-state index in [2.05, 4.69) is 5.32 Å². The molecule has 1 amide bonds. The normalized spacial score (nSPS) is 22.9. The minimum Gasteiger partial charge on any atom is -0.349 e. The van der Waals surface area contributed by atoms with Crippen molar-refractivity contribution in [3.63, 3.8) is 0 Å². The zero-order valence-corrected chi connectivity index (χ0v) is 12.6. The first-order valence-electron chi connectivity index (χ1n) is 6.91. The lowest BCUT2D eigenvalue weighted by Gasteiger charge is -2.29. The van der Waals surface area contributed by atoms with Crippen molar-refractivity contribution in [3.8, 4) is 0 Å².